The molecule has 3 rings (SSSR count). The van der Waals surface area contributed by atoms with Crippen LogP contribution in [0.2, 0.25) is 0 Å². The lowest BCUT2D eigenvalue weighted by molar-refractivity contribution is -0.145. The molecule has 0 saturated carbocycles. The van der Waals surface area contributed by atoms with Gasteiger partial charge in [-0.05, 0) is 11.1 Å². The van der Waals surface area contributed by atoms with Crippen LogP contribution in [0.3, 0.4) is 0 Å². The number of ether oxygens (including phenoxy) is 2. The van der Waals surface area contributed by atoms with Gasteiger partial charge in [0, 0.05) is 11.8 Å². The van der Waals surface area contributed by atoms with Gasteiger partial charge in [0.15, 0.2) is 0 Å². The molecule has 6 heteroatoms. The van der Waals surface area contributed by atoms with E-state index in [1.807, 2.05) is 79.4 Å². The Morgan fingerprint density at radius 1 is 0.806 bits per heavy atom. The number of Topliss-reactive ketones (excluding diaryl/α,β-unsaturated/α-hetero) is 1. The fourth-order valence-corrected chi connectivity index (χ4v) is 4.39. The van der Waals surface area contributed by atoms with Crippen molar-refractivity contribution in [3.05, 3.63) is 83.6 Å². The van der Waals surface area contributed by atoms with Crippen molar-refractivity contribution < 1.29 is 23.9 Å². The molecule has 4 atom stereocenters. The van der Waals surface area contributed by atoms with E-state index < -0.39 is 35.9 Å². The summed E-state index contributed by atoms with van der Waals surface area (Å²) >= 11 is 0. The summed E-state index contributed by atoms with van der Waals surface area (Å²) in [6.07, 6.45) is 1.15. The number of nitrogens with zero attached hydrogens (tertiary/aromatic N) is 1. The Labute approximate surface area is 182 Å². The molecular weight excluding hydrogens is 394 g/mol. The Kier molecular flexibility index (Phi) is 6.90. The summed E-state index contributed by atoms with van der Waals surface area (Å²) < 4.78 is 9.84. The van der Waals surface area contributed by atoms with Crippen LogP contribution in [0.5, 0.6) is 0 Å². The smallest absolute Gasteiger partial charge is 0.354 e. The number of hydrogen-bond donors (Lipinski definition) is 0. The van der Waals surface area contributed by atoms with Crippen LogP contribution in [0, 0.1) is 11.8 Å². The minimum Gasteiger partial charge on any atom is -0.466 e. The van der Waals surface area contributed by atoms with Crippen molar-refractivity contribution in [3.63, 3.8) is 0 Å². The molecule has 1 heterocycles. The molecule has 0 radical (unpaired) electrons. The molecule has 31 heavy (non-hydrogen) atoms. The monoisotopic (exact) mass is 421 g/mol. The first-order valence-corrected chi connectivity index (χ1v) is 10.2. The number of carbonyl (C=O) groups excluding carboxylic acids is 3. The minimum atomic E-state index is -0.670. The van der Waals surface area contributed by atoms with E-state index in [1.54, 1.807) is 0 Å². The average Bonchev–Trinajstić information content (AvgIpc) is 2.81. The second kappa shape index (κ2) is 9.60. The van der Waals surface area contributed by atoms with Crippen LogP contribution < -0.4 is 0 Å². The first kappa shape index (κ1) is 22.3. The molecule has 1 fully saturated rings. The van der Waals surface area contributed by atoms with Crippen LogP contribution in [0.25, 0.3) is 0 Å². The number of carbonyl (C=O) groups is 3. The highest BCUT2D eigenvalue weighted by atomic mass is 16.5. The third kappa shape index (κ3) is 4.38. The van der Waals surface area contributed by atoms with Gasteiger partial charge < -0.3 is 14.4 Å². The highest BCUT2D eigenvalue weighted by molar-refractivity contribution is 5.96. The number of piperidine rings is 1. The lowest BCUT2D eigenvalue weighted by atomic mass is 9.74. The van der Waals surface area contributed by atoms with Gasteiger partial charge in [0.2, 0.25) is 0 Å². The molecule has 1 aliphatic rings. The molecule has 1 saturated heterocycles. The molecule has 2 aromatic carbocycles. The standard InChI is InChI=1S/C25H27NO5/c1-16-22(18-11-7-5-8-12-18)26(20(25(29)31-4)15-21(27)30-3)23(17(2)24(16)28)19-13-9-6-10-14-19/h5-17,22-23H,1-4H3/b20-15+/t16-,17-,22-,23-/m0/s1. The molecule has 0 amide bonds. The van der Waals surface area contributed by atoms with Crippen molar-refractivity contribution >= 4 is 17.7 Å². The van der Waals surface area contributed by atoms with E-state index in [4.69, 9.17) is 9.47 Å². The van der Waals surface area contributed by atoms with Gasteiger partial charge in [0.25, 0.3) is 0 Å². The maximum atomic E-state index is 13.3. The number of rotatable bonds is 5. The summed E-state index contributed by atoms with van der Waals surface area (Å²) in [6.45, 7) is 3.72. The van der Waals surface area contributed by atoms with Crippen LogP contribution >= 0.6 is 0 Å². The molecule has 0 spiro atoms. The maximum absolute atomic E-state index is 13.3. The largest absolute Gasteiger partial charge is 0.466 e. The zero-order valence-electron chi connectivity index (χ0n) is 18.1. The Morgan fingerprint density at radius 3 is 1.65 bits per heavy atom. The van der Waals surface area contributed by atoms with E-state index in [1.165, 1.54) is 14.2 Å². The first-order valence-electron chi connectivity index (χ1n) is 10.2. The fourth-order valence-electron chi connectivity index (χ4n) is 4.39. The van der Waals surface area contributed by atoms with Crippen molar-refractivity contribution in [1.29, 1.82) is 0 Å². The van der Waals surface area contributed by atoms with Crippen molar-refractivity contribution in [2.45, 2.75) is 25.9 Å². The zero-order chi connectivity index (χ0) is 22.5. The molecule has 162 valence electrons. The second-order valence-corrected chi connectivity index (χ2v) is 7.64. The Morgan fingerprint density at radius 2 is 1.26 bits per heavy atom. The predicted molar refractivity (Wildman–Crippen MR) is 116 cm³/mol. The van der Waals surface area contributed by atoms with Crippen molar-refractivity contribution in [1.82, 2.24) is 4.90 Å². The molecule has 6 nitrogen and oxygen atoms in total. The molecule has 0 unspecified atom stereocenters. The molecule has 0 aromatic heterocycles. The third-order valence-electron chi connectivity index (χ3n) is 5.85. The number of benzene rings is 2. The van der Waals surface area contributed by atoms with Gasteiger partial charge in [0.05, 0.1) is 32.4 Å². The number of likely N-dealkylation sites (tertiary alicyclic amines) is 1. The number of methoxy groups -OCH3 is 2. The molecule has 1 aliphatic heterocycles. The SMILES string of the molecule is COC(=O)/C=C(\C(=O)OC)N1[C@H](c2ccccc2)[C@H](C)C(=O)[C@@H](C)[C@H]1c1ccccc1. The minimum absolute atomic E-state index is 0.0586. The third-order valence-corrected chi connectivity index (χ3v) is 5.85. The van der Waals surface area contributed by atoms with E-state index in [0.717, 1.165) is 17.2 Å². The lowest BCUT2D eigenvalue weighted by Crippen LogP contribution is -2.50. The molecule has 2 aromatic rings. The van der Waals surface area contributed by atoms with Crippen LogP contribution in [-0.2, 0) is 23.9 Å². The molecule has 0 N–H and O–H groups in total. The van der Waals surface area contributed by atoms with Crippen molar-refractivity contribution in [3.8, 4) is 0 Å². The van der Waals surface area contributed by atoms with Gasteiger partial charge in [-0.3, -0.25) is 4.79 Å². The van der Waals surface area contributed by atoms with Gasteiger partial charge >= 0.3 is 11.9 Å². The highest BCUT2D eigenvalue weighted by Gasteiger charge is 2.48. The zero-order valence-corrected chi connectivity index (χ0v) is 18.1. The predicted octanol–water partition coefficient (Wildman–Crippen LogP) is 3.86. The van der Waals surface area contributed by atoms with Crippen LogP contribution in [-0.4, -0.2) is 36.8 Å². The van der Waals surface area contributed by atoms with Crippen LogP contribution in [0.1, 0.15) is 37.1 Å². The highest BCUT2D eigenvalue weighted by Crippen LogP contribution is 2.48. The van der Waals surface area contributed by atoms with E-state index >= 15 is 0 Å². The van der Waals surface area contributed by atoms with E-state index in [-0.39, 0.29) is 11.5 Å². The summed E-state index contributed by atoms with van der Waals surface area (Å²) in [6, 6.07) is 18.1. The molecule has 0 aliphatic carbocycles. The second-order valence-electron chi connectivity index (χ2n) is 7.64. The lowest BCUT2D eigenvalue weighted by Gasteiger charge is -2.49. The quantitative estimate of drug-likeness (QED) is 0.539. The van der Waals surface area contributed by atoms with E-state index in [9.17, 15) is 14.4 Å². The molecule has 0 bridgehead atoms. The van der Waals surface area contributed by atoms with E-state index in [2.05, 4.69) is 0 Å². The summed E-state index contributed by atoms with van der Waals surface area (Å²) in [4.78, 5) is 40.3. The summed E-state index contributed by atoms with van der Waals surface area (Å²) in [5.74, 6) is -2.07. The Bertz CT molecular complexity index is 914. The van der Waals surface area contributed by atoms with Gasteiger partial charge in [-0.2, -0.15) is 0 Å². The fraction of sp³-hybridized carbons (Fsp3) is 0.320. The Hall–Kier alpha value is -3.41. The Balaban J connectivity index is 2.29. The summed E-state index contributed by atoms with van der Waals surface area (Å²) in [5, 5.41) is 0. The van der Waals surface area contributed by atoms with Gasteiger partial charge in [-0.25, -0.2) is 9.59 Å². The summed E-state index contributed by atoms with van der Waals surface area (Å²) in [5.41, 5.74) is 1.80. The average molecular weight is 421 g/mol. The van der Waals surface area contributed by atoms with Crippen molar-refractivity contribution in [2.24, 2.45) is 11.8 Å². The van der Waals surface area contributed by atoms with Crippen LogP contribution in [0.4, 0.5) is 0 Å². The summed E-state index contributed by atoms with van der Waals surface area (Å²) in [7, 11) is 2.52. The topological polar surface area (TPSA) is 72.9 Å². The van der Waals surface area contributed by atoms with E-state index in [0.29, 0.717) is 0 Å². The van der Waals surface area contributed by atoms with Gasteiger partial charge in [-0.15, -0.1) is 0 Å². The number of ketones is 1. The maximum Gasteiger partial charge on any atom is 0.354 e. The normalized spacial score (nSPS) is 23.9. The van der Waals surface area contributed by atoms with Gasteiger partial charge in [-0.1, -0.05) is 74.5 Å². The molecular formula is C25H27NO5. The van der Waals surface area contributed by atoms with Gasteiger partial charge in [0.1, 0.15) is 11.5 Å². The first-order chi connectivity index (χ1) is 14.9. The van der Waals surface area contributed by atoms with Crippen molar-refractivity contribution in [2.75, 3.05) is 14.2 Å². The number of esters is 2. The van der Waals surface area contributed by atoms with Crippen LogP contribution in [0.15, 0.2) is 72.4 Å². The number of hydrogen-bond acceptors (Lipinski definition) is 6.